The molecule has 2 aromatic heterocycles. The number of thiophene rings is 2. The minimum absolute atomic E-state index is 1.16. The van der Waals surface area contributed by atoms with Crippen LogP contribution in [0.15, 0.2) is 66.0 Å². The van der Waals surface area contributed by atoms with E-state index in [1.807, 2.05) is 11.3 Å². The highest BCUT2D eigenvalue weighted by molar-refractivity contribution is 7.31. The molecule has 25 heavy (non-hydrogen) atoms. The molecule has 0 aliphatic heterocycles. The summed E-state index contributed by atoms with van der Waals surface area (Å²) in [7, 11) is -1.16. The lowest BCUT2D eigenvalue weighted by atomic mass is 10.3. The Balaban J connectivity index is 0.000000170. The van der Waals surface area contributed by atoms with Crippen molar-refractivity contribution in [3.63, 3.8) is 0 Å². The predicted molar refractivity (Wildman–Crippen MR) is 120 cm³/mol. The number of benzene rings is 2. The van der Waals surface area contributed by atoms with Crippen LogP contribution in [0, 0.1) is 0 Å². The first-order valence-corrected chi connectivity index (χ1v) is 13.5. The van der Waals surface area contributed by atoms with Gasteiger partial charge in [-0.25, -0.2) is 0 Å². The van der Waals surface area contributed by atoms with Crippen LogP contribution in [0.1, 0.15) is 20.8 Å². The van der Waals surface area contributed by atoms with Crippen molar-refractivity contribution in [2.45, 2.75) is 38.9 Å². The van der Waals surface area contributed by atoms with Crippen molar-refractivity contribution in [3.05, 3.63) is 66.0 Å². The lowest BCUT2D eigenvalue weighted by Gasteiger charge is -2.26. The lowest BCUT2D eigenvalue weighted by Crippen LogP contribution is -2.43. The molecule has 0 atom stereocenters. The third-order valence-corrected chi connectivity index (χ3v) is 14.0. The smallest absolute Gasteiger partial charge is 0.0987 e. The minimum Gasteiger partial charge on any atom is -0.145 e. The molecule has 0 amide bonds. The van der Waals surface area contributed by atoms with Gasteiger partial charge in [-0.2, -0.15) is 0 Å². The zero-order valence-electron chi connectivity index (χ0n) is 15.3. The average molecular weight is 383 g/mol. The summed E-state index contributed by atoms with van der Waals surface area (Å²) in [4.78, 5) is 0. The first-order valence-electron chi connectivity index (χ1n) is 9.13. The largest absolute Gasteiger partial charge is 0.145 e. The normalized spacial score (nSPS) is 11.5. The SMILES string of the molecule is CC[Si](CC)(CC)c1cc2ccccc2s1.c1ccc2sccc2c1. The molecular formula is C22H26S2Si. The molecular weight excluding hydrogens is 356 g/mol. The Morgan fingerprint density at radius 3 is 1.92 bits per heavy atom. The molecule has 0 aliphatic rings. The van der Waals surface area contributed by atoms with Gasteiger partial charge in [-0.15, -0.1) is 22.7 Å². The van der Waals surface area contributed by atoms with Gasteiger partial charge in [0.25, 0.3) is 0 Å². The second-order valence-corrected chi connectivity index (χ2v) is 14.1. The number of fused-ring (bicyclic) bond motifs is 2. The maximum Gasteiger partial charge on any atom is 0.0987 e. The summed E-state index contributed by atoms with van der Waals surface area (Å²) in [5, 5.41) is 4.90. The van der Waals surface area contributed by atoms with Crippen molar-refractivity contribution in [2.24, 2.45) is 0 Å². The van der Waals surface area contributed by atoms with Crippen LogP contribution in [0.5, 0.6) is 0 Å². The maximum atomic E-state index is 2.46. The van der Waals surface area contributed by atoms with Crippen LogP contribution in [-0.4, -0.2) is 8.07 Å². The second-order valence-electron chi connectivity index (χ2n) is 6.45. The highest BCUT2D eigenvalue weighted by atomic mass is 32.1. The van der Waals surface area contributed by atoms with E-state index in [1.54, 1.807) is 15.8 Å². The molecule has 0 bridgehead atoms. The summed E-state index contributed by atoms with van der Waals surface area (Å²) in [6, 6.07) is 25.9. The number of hydrogen-bond acceptors (Lipinski definition) is 2. The Morgan fingerprint density at radius 2 is 1.32 bits per heavy atom. The van der Waals surface area contributed by atoms with E-state index >= 15 is 0 Å². The molecule has 0 fully saturated rings. The van der Waals surface area contributed by atoms with Crippen LogP contribution in [0.2, 0.25) is 18.1 Å². The van der Waals surface area contributed by atoms with Gasteiger partial charge in [0.15, 0.2) is 0 Å². The van der Waals surface area contributed by atoms with Gasteiger partial charge >= 0.3 is 0 Å². The zero-order chi connectivity index (χ0) is 17.7. The lowest BCUT2D eigenvalue weighted by molar-refractivity contribution is 1.20. The van der Waals surface area contributed by atoms with Crippen molar-refractivity contribution in [2.75, 3.05) is 0 Å². The molecule has 0 radical (unpaired) electrons. The van der Waals surface area contributed by atoms with Gasteiger partial charge in [0.1, 0.15) is 0 Å². The van der Waals surface area contributed by atoms with Gasteiger partial charge in [0, 0.05) is 9.40 Å². The van der Waals surface area contributed by atoms with E-state index in [2.05, 4.69) is 86.8 Å². The Kier molecular flexibility index (Phi) is 6.10. The summed E-state index contributed by atoms with van der Waals surface area (Å²) in [5.74, 6) is 0. The summed E-state index contributed by atoms with van der Waals surface area (Å²) >= 11 is 3.83. The van der Waals surface area contributed by atoms with Gasteiger partial charge in [-0.3, -0.25) is 0 Å². The van der Waals surface area contributed by atoms with Crippen molar-refractivity contribution < 1.29 is 0 Å². The van der Waals surface area contributed by atoms with Crippen molar-refractivity contribution >= 4 is 55.4 Å². The van der Waals surface area contributed by atoms with Gasteiger partial charge in [-0.05, 0) is 44.9 Å². The summed E-state index contributed by atoms with van der Waals surface area (Å²) in [5.41, 5.74) is 0. The van der Waals surface area contributed by atoms with Crippen LogP contribution >= 0.6 is 22.7 Å². The molecule has 4 aromatic rings. The molecule has 3 heteroatoms. The van der Waals surface area contributed by atoms with Crippen LogP contribution in [0.3, 0.4) is 0 Å². The fraction of sp³-hybridized carbons (Fsp3) is 0.273. The number of rotatable bonds is 4. The van der Waals surface area contributed by atoms with Crippen molar-refractivity contribution in [1.82, 2.24) is 0 Å². The molecule has 0 aliphatic carbocycles. The summed E-state index contributed by atoms with van der Waals surface area (Å²) in [6.45, 7) is 7.14. The number of hydrogen-bond donors (Lipinski definition) is 0. The monoisotopic (exact) mass is 382 g/mol. The van der Waals surface area contributed by atoms with E-state index in [-0.39, 0.29) is 0 Å². The second kappa shape index (κ2) is 8.30. The van der Waals surface area contributed by atoms with Gasteiger partial charge in [0.05, 0.1) is 8.07 Å². The fourth-order valence-electron chi connectivity index (χ4n) is 3.42. The van der Waals surface area contributed by atoms with Crippen molar-refractivity contribution in [1.29, 1.82) is 0 Å². The van der Waals surface area contributed by atoms with E-state index in [9.17, 15) is 0 Å². The molecule has 130 valence electrons. The average Bonchev–Trinajstić information content (AvgIpc) is 3.31. The highest BCUT2D eigenvalue weighted by Gasteiger charge is 2.30. The third-order valence-electron chi connectivity index (χ3n) is 5.34. The Hall–Kier alpha value is -1.42. The quantitative estimate of drug-likeness (QED) is 0.320. The standard InChI is InChI=1S/C14H20SSi.C8H6S/c1-4-16(5-2,6-3)14-11-12-9-7-8-10-13(12)15-14;1-2-4-8-7(3-1)5-6-9-8/h7-11H,4-6H2,1-3H3;1-6H. The third kappa shape index (κ3) is 3.89. The van der Waals surface area contributed by atoms with E-state index in [4.69, 9.17) is 0 Å². The molecule has 0 spiro atoms. The fourth-order valence-corrected chi connectivity index (χ4v) is 10.5. The van der Waals surface area contributed by atoms with E-state index in [1.165, 1.54) is 38.3 Å². The molecule has 0 nitrogen and oxygen atoms in total. The maximum absolute atomic E-state index is 2.46. The zero-order valence-corrected chi connectivity index (χ0v) is 17.9. The van der Waals surface area contributed by atoms with E-state index < -0.39 is 8.07 Å². The van der Waals surface area contributed by atoms with Crippen molar-refractivity contribution in [3.8, 4) is 0 Å². The Morgan fingerprint density at radius 1 is 0.720 bits per heavy atom. The predicted octanol–water partition coefficient (Wildman–Crippen LogP) is 7.52. The minimum atomic E-state index is -1.16. The summed E-state index contributed by atoms with van der Waals surface area (Å²) in [6.07, 6.45) is 0. The first-order chi connectivity index (χ1) is 12.2. The molecule has 0 saturated heterocycles. The molecule has 2 aromatic carbocycles. The van der Waals surface area contributed by atoms with Crippen LogP contribution in [0.4, 0.5) is 0 Å². The Bertz CT molecular complexity index is 860. The first kappa shape index (κ1) is 18.4. The van der Waals surface area contributed by atoms with Gasteiger partial charge in [-0.1, -0.05) is 75.3 Å². The van der Waals surface area contributed by atoms with Gasteiger partial charge in [0.2, 0.25) is 0 Å². The van der Waals surface area contributed by atoms with Crippen LogP contribution < -0.4 is 4.50 Å². The van der Waals surface area contributed by atoms with Gasteiger partial charge < -0.3 is 0 Å². The topological polar surface area (TPSA) is 0 Å². The molecule has 2 heterocycles. The molecule has 0 unspecified atom stereocenters. The molecule has 0 saturated carbocycles. The molecule has 4 rings (SSSR count). The van der Waals surface area contributed by atoms with Crippen LogP contribution in [-0.2, 0) is 0 Å². The van der Waals surface area contributed by atoms with E-state index in [0.29, 0.717) is 0 Å². The Labute approximate surface area is 160 Å². The van der Waals surface area contributed by atoms with Crippen LogP contribution in [0.25, 0.3) is 20.2 Å². The summed E-state index contributed by atoms with van der Waals surface area (Å²) < 4.78 is 4.54. The molecule has 0 N–H and O–H groups in total. The van der Waals surface area contributed by atoms with E-state index in [0.717, 1.165) is 0 Å². The highest BCUT2D eigenvalue weighted by Crippen LogP contribution is 2.27.